The highest BCUT2D eigenvalue weighted by Gasteiger charge is 2.18. The molecule has 0 saturated carbocycles. The zero-order valence-electron chi connectivity index (χ0n) is 16.3. The summed E-state index contributed by atoms with van der Waals surface area (Å²) < 4.78 is 10.7. The number of ether oxygens (including phenoxy) is 2. The van der Waals surface area contributed by atoms with Crippen LogP contribution >= 0.6 is 11.3 Å². The molecule has 0 fully saturated rings. The first kappa shape index (κ1) is 20.3. The van der Waals surface area contributed by atoms with Gasteiger partial charge in [-0.25, -0.2) is 4.98 Å². The number of carbonyl (C=O) groups excluding carboxylic acids is 2. The SMILES string of the molecule is CNC(=O)c1cc(NC(=O)Cc2csc(-c3ccccc3)n2)c(OC)c(OC)c1. The van der Waals surface area contributed by atoms with Crippen LogP contribution in [0.1, 0.15) is 16.1 Å². The zero-order chi connectivity index (χ0) is 20.8. The summed E-state index contributed by atoms with van der Waals surface area (Å²) in [5.74, 6) is 0.124. The maximum absolute atomic E-state index is 12.6. The molecule has 1 heterocycles. The van der Waals surface area contributed by atoms with Gasteiger partial charge in [-0.2, -0.15) is 0 Å². The van der Waals surface area contributed by atoms with E-state index in [0.717, 1.165) is 10.6 Å². The van der Waals surface area contributed by atoms with Crippen LogP contribution in [0.25, 0.3) is 10.6 Å². The number of nitrogens with zero attached hydrogens (tertiary/aromatic N) is 1. The molecule has 2 N–H and O–H groups in total. The molecule has 0 radical (unpaired) electrons. The minimum absolute atomic E-state index is 0.0962. The highest BCUT2D eigenvalue weighted by atomic mass is 32.1. The van der Waals surface area contributed by atoms with Crippen molar-refractivity contribution in [2.24, 2.45) is 0 Å². The van der Waals surface area contributed by atoms with Crippen molar-refractivity contribution in [1.29, 1.82) is 0 Å². The Morgan fingerprint density at radius 1 is 1.10 bits per heavy atom. The summed E-state index contributed by atoms with van der Waals surface area (Å²) in [6, 6.07) is 12.9. The van der Waals surface area contributed by atoms with E-state index in [1.54, 1.807) is 12.1 Å². The summed E-state index contributed by atoms with van der Waals surface area (Å²) >= 11 is 1.49. The predicted molar refractivity (Wildman–Crippen MR) is 113 cm³/mol. The van der Waals surface area contributed by atoms with Crippen molar-refractivity contribution in [2.75, 3.05) is 26.6 Å². The molecule has 150 valence electrons. The second-order valence-electron chi connectivity index (χ2n) is 6.07. The van der Waals surface area contributed by atoms with Crippen LogP contribution in [0.5, 0.6) is 11.5 Å². The van der Waals surface area contributed by atoms with Crippen molar-refractivity contribution in [3.63, 3.8) is 0 Å². The molecular weight excluding hydrogens is 390 g/mol. The number of nitrogens with one attached hydrogen (secondary N) is 2. The highest BCUT2D eigenvalue weighted by Crippen LogP contribution is 2.36. The molecule has 2 amide bonds. The molecule has 7 nitrogen and oxygen atoms in total. The molecule has 0 aliphatic heterocycles. The Morgan fingerprint density at radius 2 is 1.86 bits per heavy atom. The van der Waals surface area contributed by atoms with E-state index in [-0.39, 0.29) is 18.2 Å². The molecule has 0 saturated heterocycles. The number of benzene rings is 2. The molecule has 29 heavy (non-hydrogen) atoms. The molecule has 3 rings (SSSR count). The average molecular weight is 411 g/mol. The Labute approximate surface area is 172 Å². The fourth-order valence-electron chi connectivity index (χ4n) is 2.79. The van der Waals surface area contributed by atoms with Gasteiger partial charge in [0.15, 0.2) is 11.5 Å². The van der Waals surface area contributed by atoms with Gasteiger partial charge >= 0.3 is 0 Å². The fourth-order valence-corrected chi connectivity index (χ4v) is 3.62. The molecular formula is C21H21N3O4S. The van der Waals surface area contributed by atoms with Crippen molar-refractivity contribution in [3.8, 4) is 22.1 Å². The predicted octanol–water partition coefficient (Wildman–Crippen LogP) is 3.37. The minimum Gasteiger partial charge on any atom is -0.493 e. The summed E-state index contributed by atoms with van der Waals surface area (Å²) in [7, 11) is 4.47. The van der Waals surface area contributed by atoms with E-state index in [2.05, 4.69) is 15.6 Å². The summed E-state index contributed by atoms with van der Waals surface area (Å²) in [5, 5.41) is 8.06. The van der Waals surface area contributed by atoms with Gasteiger partial charge in [0, 0.05) is 23.6 Å². The molecule has 0 atom stereocenters. The van der Waals surface area contributed by atoms with Crippen molar-refractivity contribution in [2.45, 2.75) is 6.42 Å². The Hall–Kier alpha value is -3.39. The van der Waals surface area contributed by atoms with Crippen LogP contribution in [-0.4, -0.2) is 38.1 Å². The van der Waals surface area contributed by atoms with Gasteiger partial charge in [0.2, 0.25) is 5.91 Å². The first-order valence-corrected chi connectivity index (χ1v) is 9.71. The van der Waals surface area contributed by atoms with Crippen molar-refractivity contribution < 1.29 is 19.1 Å². The van der Waals surface area contributed by atoms with Crippen molar-refractivity contribution in [3.05, 3.63) is 59.1 Å². The van der Waals surface area contributed by atoms with E-state index >= 15 is 0 Å². The van der Waals surface area contributed by atoms with E-state index in [0.29, 0.717) is 28.4 Å². The molecule has 1 aromatic heterocycles. The van der Waals surface area contributed by atoms with E-state index < -0.39 is 0 Å². The molecule has 0 aliphatic rings. The van der Waals surface area contributed by atoms with Gasteiger partial charge < -0.3 is 20.1 Å². The van der Waals surface area contributed by atoms with Crippen molar-refractivity contribution >= 4 is 28.8 Å². The maximum atomic E-state index is 12.6. The molecule has 0 bridgehead atoms. The van der Waals surface area contributed by atoms with Gasteiger partial charge in [-0.1, -0.05) is 30.3 Å². The number of thiazole rings is 1. The number of methoxy groups -OCH3 is 2. The average Bonchev–Trinajstić information content (AvgIpc) is 3.21. The van der Waals surface area contributed by atoms with E-state index in [9.17, 15) is 9.59 Å². The quantitative estimate of drug-likeness (QED) is 0.622. The standard InChI is InChI=1S/C21H21N3O4S/c1-22-20(26)14-9-16(19(28-3)17(10-14)27-2)24-18(25)11-15-12-29-21(23-15)13-7-5-4-6-8-13/h4-10,12H,11H2,1-3H3,(H,22,26)(H,24,25). The second-order valence-corrected chi connectivity index (χ2v) is 6.93. The first-order chi connectivity index (χ1) is 14.0. The van der Waals surface area contributed by atoms with E-state index in [4.69, 9.17) is 9.47 Å². The van der Waals surface area contributed by atoms with Gasteiger partial charge in [-0.05, 0) is 12.1 Å². The molecule has 2 aromatic carbocycles. The lowest BCUT2D eigenvalue weighted by atomic mass is 10.1. The molecule has 8 heteroatoms. The topological polar surface area (TPSA) is 89.6 Å². The highest BCUT2D eigenvalue weighted by molar-refractivity contribution is 7.13. The Kier molecular flexibility index (Phi) is 6.46. The molecule has 0 unspecified atom stereocenters. The molecule has 0 aliphatic carbocycles. The third kappa shape index (κ3) is 4.72. The number of rotatable bonds is 7. The second kappa shape index (κ2) is 9.20. The lowest BCUT2D eigenvalue weighted by molar-refractivity contribution is -0.115. The van der Waals surface area contributed by atoms with E-state index in [1.807, 2.05) is 35.7 Å². The summed E-state index contributed by atoms with van der Waals surface area (Å²) in [6.45, 7) is 0. The lowest BCUT2D eigenvalue weighted by Gasteiger charge is -2.15. The Bertz CT molecular complexity index is 1020. The summed E-state index contributed by atoms with van der Waals surface area (Å²) in [6.07, 6.45) is 0.0962. The van der Waals surface area contributed by atoms with Crippen LogP contribution in [0.4, 0.5) is 5.69 Å². The zero-order valence-corrected chi connectivity index (χ0v) is 17.1. The summed E-state index contributed by atoms with van der Waals surface area (Å²) in [5.41, 5.74) is 2.38. The van der Waals surface area contributed by atoms with Gasteiger partial charge in [0.05, 0.1) is 32.0 Å². The largest absolute Gasteiger partial charge is 0.493 e. The lowest BCUT2D eigenvalue weighted by Crippen LogP contribution is -2.20. The van der Waals surface area contributed by atoms with E-state index in [1.165, 1.54) is 32.6 Å². The maximum Gasteiger partial charge on any atom is 0.251 e. The number of hydrogen-bond acceptors (Lipinski definition) is 6. The third-order valence-corrected chi connectivity index (χ3v) is 5.10. The van der Waals surface area contributed by atoms with Gasteiger partial charge in [0.25, 0.3) is 5.91 Å². The third-order valence-electron chi connectivity index (χ3n) is 4.16. The normalized spacial score (nSPS) is 10.3. The van der Waals surface area contributed by atoms with Crippen molar-refractivity contribution in [1.82, 2.24) is 10.3 Å². The number of hydrogen-bond donors (Lipinski definition) is 2. The van der Waals surface area contributed by atoms with Gasteiger partial charge in [-0.15, -0.1) is 11.3 Å². The number of anilines is 1. The monoisotopic (exact) mass is 411 g/mol. The Morgan fingerprint density at radius 3 is 2.52 bits per heavy atom. The van der Waals surface area contributed by atoms with Gasteiger partial charge in [-0.3, -0.25) is 9.59 Å². The van der Waals surface area contributed by atoms with Crippen LogP contribution in [0.3, 0.4) is 0 Å². The number of carbonyl (C=O) groups is 2. The number of aromatic nitrogens is 1. The summed E-state index contributed by atoms with van der Waals surface area (Å²) in [4.78, 5) is 29.2. The van der Waals surface area contributed by atoms with Crippen LogP contribution in [0.15, 0.2) is 47.8 Å². The minimum atomic E-state index is -0.298. The van der Waals surface area contributed by atoms with Gasteiger partial charge in [0.1, 0.15) is 5.01 Å². The van der Waals surface area contributed by atoms with Crippen LogP contribution < -0.4 is 20.1 Å². The smallest absolute Gasteiger partial charge is 0.251 e. The first-order valence-electron chi connectivity index (χ1n) is 8.83. The Balaban J connectivity index is 1.80. The molecule has 0 spiro atoms. The fraction of sp³-hybridized carbons (Fsp3) is 0.190. The molecule has 3 aromatic rings. The van der Waals surface area contributed by atoms with Crippen LogP contribution in [-0.2, 0) is 11.2 Å². The number of amides is 2. The van der Waals surface area contributed by atoms with Crippen LogP contribution in [0.2, 0.25) is 0 Å². The van der Waals surface area contributed by atoms with Crippen LogP contribution in [0, 0.1) is 0 Å².